The van der Waals surface area contributed by atoms with E-state index in [1.165, 1.54) is 89.9 Å². The van der Waals surface area contributed by atoms with Gasteiger partial charge in [0.25, 0.3) is 0 Å². The summed E-state index contributed by atoms with van der Waals surface area (Å²) in [4.78, 5) is 21.7. The summed E-state index contributed by atoms with van der Waals surface area (Å²) in [5, 5.41) is 0. The molecular weight excluding hydrogens is 324 g/mol. The fourth-order valence-corrected chi connectivity index (χ4v) is 4.16. The molecule has 1 aliphatic heterocycles. The van der Waals surface area contributed by atoms with E-state index in [9.17, 15) is 4.79 Å². The molecule has 1 heterocycles. The van der Waals surface area contributed by atoms with E-state index in [1.54, 1.807) is 0 Å². The first-order chi connectivity index (χ1) is 12.5. The van der Waals surface area contributed by atoms with Gasteiger partial charge in [-0.25, -0.2) is 9.78 Å². The number of unbranched alkanes of at least 4 members (excludes halogenated alkanes) is 13. The summed E-state index contributed by atoms with van der Waals surface area (Å²) in [6.07, 6.45) is 22.5. The van der Waals surface area contributed by atoms with Crippen LogP contribution in [0.4, 0.5) is 0 Å². The monoisotopic (exact) mass is 368 g/mol. The molecule has 1 aliphatic rings. The van der Waals surface area contributed by atoms with Crippen molar-refractivity contribution in [3.05, 3.63) is 0 Å². The van der Waals surface area contributed by atoms with Crippen LogP contribution in [0.15, 0.2) is 0 Å². The van der Waals surface area contributed by atoms with Gasteiger partial charge in [0, 0.05) is 12.8 Å². The third-order valence-electron chi connectivity index (χ3n) is 5.77. The van der Waals surface area contributed by atoms with Gasteiger partial charge in [-0.1, -0.05) is 96.8 Å². The lowest BCUT2D eigenvalue weighted by Gasteiger charge is -2.21. The van der Waals surface area contributed by atoms with Gasteiger partial charge in [-0.2, -0.15) is 0 Å². The Kier molecular flexibility index (Phi) is 12.5. The molecule has 0 spiro atoms. The summed E-state index contributed by atoms with van der Waals surface area (Å²) in [7, 11) is 0. The number of hydrogen-bond donors (Lipinski definition) is 0. The molecule has 0 radical (unpaired) electrons. The van der Waals surface area contributed by atoms with Crippen molar-refractivity contribution in [2.45, 2.75) is 141 Å². The molecule has 0 unspecified atom stereocenters. The van der Waals surface area contributed by atoms with Gasteiger partial charge in [0.05, 0.1) is 0 Å². The van der Waals surface area contributed by atoms with E-state index < -0.39 is 5.60 Å². The van der Waals surface area contributed by atoms with Gasteiger partial charge in [-0.15, -0.1) is 0 Å². The van der Waals surface area contributed by atoms with Crippen molar-refractivity contribution in [2.75, 3.05) is 0 Å². The van der Waals surface area contributed by atoms with Gasteiger partial charge < -0.3 is 4.79 Å². The van der Waals surface area contributed by atoms with Gasteiger partial charge in [0.2, 0.25) is 0 Å². The second kappa shape index (κ2) is 13.7. The average Bonchev–Trinajstić information content (AvgIpc) is 2.91. The Morgan fingerprint density at radius 2 is 1.12 bits per heavy atom. The minimum atomic E-state index is -0.424. The van der Waals surface area contributed by atoms with Crippen LogP contribution in [0.25, 0.3) is 0 Å². The Morgan fingerprint density at radius 3 is 1.58 bits per heavy atom. The maximum Gasteiger partial charge on any atom is 0.122 e. The van der Waals surface area contributed by atoms with Gasteiger partial charge in [0.15, 0.2) is 0 Å². The molecule has 0 aromatic rings. The number of rotatable bonds is 17. The molecule has 0 saturated carbocycles. The zero-order chi connectivity index (χ0) is 19.1. The van der Waals surface area contributed by atoms with Crippen LogP contribution in [0, 0.1) is 0 Å². The largest absolute Gasteiger partial charge is 0.303 e. The smallest absolute Gasteiger partial charge is 0.122 e. The van der Waals surface area contributed by atoms with Gasteiger partial charge in [-0.05, 0) is 20.3 Å². The molecule has 26 heavy (non-hydrogen) atoms. The van der Waals surface area contributed by atoms with Gasteiger partial charge in [0.1, 0.15) is 17.5 Å². The minimum absolute atomic E-state index is 0.213. The van der Waals surface area contributed by atoms with Crippen molar-refractivity contribution in [2.24, 2.45) is 0 Å². The van der Waals surface area contributed by atoms with E-state index in [2.05, 4.69) is 13.8 Å². The lowest BCUT2D eigenvalue weighted by Crippen LogP contribution is -2.28. The van der Waals surface area contributed by atoms with E-state index >= 15 is 0 Å². The number of carbonyl (C=O) groups excluding carboxylic acids is 1. The first-order valence-corrected chi connectivity index (χ1v) is 11.3. The standard InChI is InChI=1S/C23H44O3/c1-4-5-6-7-8-9-10-11-12-13-14-15-16-17-18-22(2)21-23(3,19-20-24)26-25-22/h20H,4-19,21H2,1-3H3/t22-,23+/m0/s1. The second-order valence-corrected chi connectivity index (χ2v) is 8.96. The Bertz CT molecular complexity index is 357. The molecule has 0 aromatic heterocycles. The summed E-state index contributed by atoms with van der Waals surface area (Å²) in [6, 6.07) is 0. The predicted molar refractivity (Wildman–Crippen MR) is 109 cm³/mol. The van der Waals surface area contributed by atoms with Gasteiger partial charge in [-0.3, -0.25) is 0 Å². The summed E-state index contributed by atoms with van der Waals surface area (Å²) in [5.41, 5.74) is -0.638. The topological polar surface area (TPSA) is 35.5 Å². The SMILES string of the molecule is CCCCCCCCCCCCCCCC[C@@]1(C)C[C@@](C)(CC=O)OO1. The molecule has 1 saturated heterocycles. The summed E-state index contributed by atoms with van der Waals surface area (Å²) < 4.78 is 0. The molecule has 0 aromatic carbocycles. The zero-order valence-electron chi connectivity index (χ0n) is 17.8. The lowest BCUT2D eigenvalue weighted by molar-refractivity contribution is -0.344. The molecule has 3 heteroatoms. The highest BCUT2D eigenvalue weighted by Gasteiger charge is 2.45. The van der Waals surface area contributed by atoms with Crippen LogP contribution < -0.4 is 0 Å². The molecular formula is C23H44O3. The predicted octanol–water partition coefficient (Wildman–Crippen LogP) is 7.32. The van der Waals surface area contributed by atoms with Crippen molar-refractivity contribution in [1.82, 2.24) is 0 Å². The molecule has 0 bridgehead atoms. The Balaban J connectivity index is 1.87. The maximum absolute atomic E-state index is 10.7. The molecule has 154 valence electrons. The van der Waals surface area contributed by atoms with Crippen molar-refractivity contribution >= 4 is 6.29 Å². The van der Waals surface area contributed by atoms with Gasteiger partial charge >= 0.3 is 0 Å². The van der Waals surface area contributed by atoms with E-state index in [0.29, 0.717) is 6.42 Å². The molecule has 1 rings (SSSR count). The second-order valence-electron chi connectivity index (χ2n) is 8.96. The summed E-state index contributed by atoms with van der Waals surface area (Å²) in [5.74, 6) is 0. The first kappa shape index (κ1) is 23.6. The van der Waals surface area contributed by atoms with Crippen molar-refractivity contribution in [1.29, 1.82) is 0 Å². The highest BCUT2D eigenvalue weighted by molar-refractivity contribution is 5.51. The van der Waals surface area contributed by atoms with Crippen LogP contribution in [0.1, 0.15) is 130 Å². The fourth-order valence-electron chi connectivity index (χ4n) is 4.16. The maximum atomic E-state index is 10.7. The quantitative estimate of drug-likeness (QED) is 0.153. The van der Waals surface area contributed by atoms with Crippen LogP contribution in [0.3, 0.4) is 0 Å². The molecule has 0 aliphatic carbocycles. The molecule has 0 amide bonds. The van der Waals surface area contributed by atoms with Crippen LogP contribution in [-0.4, -0.2) is 17.5 Å². The lowest BCUT2D eigenvalue weighted by atomic mass is 9.85. The number of hydrogen-bond acceptors (Lipinski definition) is 3. The minimum Gasteiger partial charge on any atom is -0.303 e. The fraction of sp³-hybridized carbons (Fsp3) is 0.957. The average molecular weight is 369 g/mol. The highest BCUT2D eigenvalue weighted by atomic mass is 17.2. The van der Waals surface area contributed by atoms with Crippen molar-refractivity contribution in [3.63, 3.8) is 0 Å². The van der Waals surface area contributed by atoms with Crippen molar-refractivity contribution < 1.29 is 14.6 Å². The molecule has 3 nitrogen and oxygen atoms in total. The highest BCUT2D eigenvalue weighted by Crippen LogP contribution is 2.40. The Morgan fingerprint density at radius 1 is 0.692 bits per heavy atom. The van der Waals surface area contributed by atoms with E-state index in [4.69, 9.17) is 9.78 Å². The third kappa shape index (κ3) is 10.7. The number of aldehydes is 1. The number of carbonyl (C=O) groups is 1. The zero-order valence-corrected chi connectivity index (χ0v) is 17.8. The Labute approximate surface area is 162 Å². The normalized spacial score (nSPS) is 25.7. The van der Waals surface area contributed by atoms with Crippen LogP contribution in [-0.2, 0) is 14.6 Å². The van der Waals surface area contributed by atoms with E-state index in [-0.39, 0.29) is 5.60 Å². The van der Waals surface area contributed by atoms with E-state index in [0.717, 1.165) is 19.1 Å². The molecule has 1 fully saturated rings. The van der Waals surface area contributed by atoms with Crippen LogP contribution in [0.2, 0.25) is 0 Å². The van der Waals surface area contributed by atoms with Crippen LogP contribution in [0.5, 0.6) is 0 Å². The molecule has 2 atom stereocenters. The van der Waals surface area contributed by atoms with Crippen LogP contribution >= 0.6 is 0 Å². The Hall–Kier alpha value is -0.410. The molecule has 0 N–H and O–H groups in total. The van der Waals surface area contributed by atoms with Crippen molar-refractivity contribution in [3.8, 4) is 0 Å². The first-order valence-electron chi connectivity index (χ1n) is 11.3. The summed E-state index contributed by atoms with van der Waals surface area (Å²) >= 11 is 0. The summed E-state index contributed by atoms with van der Waals surface area (Å²) in [6.45, 7) is 6.37. The third-order valence-corrected chi connectivity index (χ3v) is 5.77. The van der Waals surface area contributed by atoms with E-state index in [1.807, 2.05) is 6.92 Å².